The maximum atomic E-state index is 0. The van der Waals surface area contributed by atoms with Crippen LogP contribution in [0.3, 0.4) is 0 Å². The molecule has 0 fully saturated rings. The minimum Gasteiger partial charge on any atom is -0.870 e. The van der Waals surface area contributed by atoms with Crippen molar-refractivity contribution in [2.45, 2.75) is 0 Å². The molecule has 4 nitrogen and oxygen atoms in total. The molecule has 0 aliphatic rings. The Kier molecular flexibility index (Phi) is 533. The normalized spacial score (nSPS) is 0. The van der Waals surface area contributed by atoms with Gasteiger partial charge in [0.15, 0.2) is 0 Å². The maximum Gasteiger partial charge on any atom is 2.00 e. The van der Waals surface area contributed by atoms with E-state index in [0.717, 1.165) is 0 Å². The summed E-state index contributed by atoms with van der Waals surface area (Å²) in [6.07, 6.45) is 0. The van der Waals surface area contributed by atoms with Crippen LogP contribution < -0.4 is 0 Å². The van der Waals surface area contributed by atoms with Crippen LogP contribution in [-0.4, -0.2) is 125 Å². The third-order valence-electron chi connectivity index (χ3n) is 0. The molecule has 0 spiro atoms. The van der Waals surface area contributed by atoms with Crippen molar-refractivity contribution in [3.8, 4) is 0 Å². The van der Waals surface area contributed by atoms with Gasteiger partial charge in [-0.3, -0.25) is 0 Å². The predicted molar refractivity (Wildman–Crippen MR) is 22.6 cm³/mol. The largest absolute Gasteiger partial charge is 2.00 e. The van der Waals surface area contributed by atoms with Crippen LogP contribution in [0.15, 0.2) is 0 Å². The molecule has 0 aromatic carbocycles. The predicted octanol–water partition coefficient (Wildman–Crippen LogP) is -2.77. The van der Waals surface area contributed by atoms with Crippen molar-refractivity contribution in [2.75, 3.05) is 0 Å². The van der Waals surface area contributed by atoms with Gasteiger partial charge in [-0.25, -0.2) is 0 Å². The minimum atomic E-state index is 0. The quantitative estimate of drug-likeness (QED) is 0.389. The Labute approximate surface area is 142 Å². The summed E-state index contributed by atoms with van der Waals surface area (Å²) in [5, 5.41) is 0. The number of rotatable bonds is 0. The van der Waals surface area contributed by atoms with Gasteiger partial charge in [0.05, 0.1) is 0 Å². The molecule has 0 unspecified atom stereocenters. The van der Waals surface area contributed by atoms with Crippen molar-refractivity contribution in [2.24, 2.45) is 0 Å². The third kappa shape index (κ3) is 41.1. The molecule has 0 aliphatic heterocycles. The Bertz CT molecular complexity index is 9.65. The summed E-state index contributed by atoms with van der Waals surface area (Å²) in [6, 6.07) is 0. The zero-order valence-corrected chi connectivity index (χ0v) is 12.2. The molecule has 0 bridgehead atoms. The molecular weight excluding hydrogens is 190 g/mol. The summed E-state index contributed by atoms with van der Waals surface area (Å²) in [6.45, 7) is 0. The van der Waals surface area contributed by atoms with Gasteiger partial charge in [0, 0.05) is 103 Å². The molecule has 0 aromatic rings. The molecule has 0 atom stereocenters. The van der Waals surface area contributed by atoms with Gasteiger partial charge in [-0.1, -0.05) is 0 Å². The first-order valence-corrected chi connectivity index (χ1v) is 0. The van der Waals surface area contributed by atoms with Crippen LogP contribution >= 0.6 is 0 Å². The van der Waals surface area contributed by atoms with Gasteiger partial charge in [-0.05, 0) is 0 Å². The Morgan fingerprint density at radius 2 is 0.571 bits per heavy atom. The second kappa shape index (κ2) is 52.3. The molecule has 6 N–H and O–H groups in total. The fraction of sp³-hybridized carbons (Fsp3) is 0. The smallest absolute Gasteiger partial charge is 0.870 e. The van der Waals surface area contributed by atoms with Gasteiger partial charge in [-0.15, -0.1) is 0 Å². The average Bonchev–Trinajstić information content (AvgIpc) is 0. The molecule has 0 heterocycles. The summed E-state index contributed by atoms with van der Waals surface area (Å²) in [5.74, 6) is 0. The van der Waals surface area contributed by atoms with E-state index in [1.807, 2.05) is 0 Å². The topological polar surface area (TPSA) is 123 Å². The molecule has 0 aromatic heterocycles. The van der Waals surface area contributed by atoms with Crippen LogP contribution in [0.1, 0.15) is 0 Å². The first-order chi connectivity index (χ1) is 0. The van der Waals surface area contributed by atoms with Crippen molar-refractivity contribution < 1.29 is 43.6 Å². The second-order valence-corrected chi connectivity index (χ2v) is 0. The summed E-state index contributed by atoms with van der Waals surface area (Å²) in [4.78, 5) is 0. The second-order valence-electron chi connectivity index (χ2n) is 0. The van der Waals surface area contributed by atoms with E-state index < -0.39 is 0 Å². The average molecular weight is 196 g/mol. The first-order valence-electron chi connectivity index (χ1n) is 0. The Morgan fingerprint density at radius 1 is 0.571 bits per heavy atom. The fourth-order valence-electron chi connectivity index (χ4n) is 0. The van der Waals surface area contributed by atoms with Crippen LogP contribution in [0, 0.1) is 0 Å². The Hall–Kier alpha value is 3.83. The molecule has 0 aliphatic carbocycles. The molecular formula is H6K2O4Ti. The monoisotopic (exact) mass is 196 g/mol. The van der Waals surface area contributed by atoms with Crippen molar-refractivity contribution in [3.63, 3.8) is 0 Å². The zero-order chi connectivity index (χ0) is 0. The molecule has 7 heavy (non-hydrogen) atoms. The standard InChI is InChI=1S/2K.4H2O.Ti/h;;4*1H2;/q;;;;;;+2/p-2. The van der Waals surface area contributed by atoms with Crippen LogP contribution in [0.25, 0.3) is 0 Å². The summed E-state index contributed by atoms with van der Waals surface area (Å²) < 4.78 is 0. The van der Waals surface area contributed by atoms with Gasteiger partial charge < -0.3 is 21.9 Å². The molecule has 0 rings (SSSR count). The molecule has 0 saturated heterocycles. The Morgan fingerprint density at radius 3 is 0.571 bits per heavy atom. The van der Waals surface area contributed by atoms with Crippen molar-refractivity contribution in [1.29, 1.82) is 0 Å². The van der Waals surface area contributed by atoms with E-state index in [4.69, 9.17) is 0 Å². The van der Waals surface area contributed by atoms with Gasteiger partial charge in [0.25, 0.3) is 0 Å². The van der Waals surface area contributed by atoms with E-state index in [1.54, 1.807) is 0 Å². The van der Waals surface area contributed by atoms with E-state index in [9.17, 15) is 0 Å². The van der Waals surface area contributed by atoms with Crippen molar-refractivity contribution in [3.05, 3.63) is 0 Å². The number of hydrogen-bond donors (Lipinski definition) is 0. The summed E-state index contributed by atoms with van der Waals surface area (Å²) >= 11 is 0. The van der Waals surface area contributed by atoms with Gasteiger partial charge in [0.1, 0.15) is 0 Å². The van der Waals surface area contributed by atoms with Crippen molar-refractivity contribution >= 4 is 103 Å². The number of hydrogen-bond acceptors (Lipinski definition) is 2. The van der Waals surface area contributed by atoms with E-state index in [1.165, 1.54) is 0 Å². The fourth-order valence-corrected chi connectivity index (χ4v) is 0. The van der Waals surface area contributed by atoms with E-state index >= 15 is 0 Å². The molecule has 2 radical (unpaired) electrons. The van der Waals surface area contributed by atoms with Crippen LogP contribution in [0.5, 0.6) is 0 Å². The SMILES string of the molecule is O.O.[K].[K].[OH-].[OH-].[Ti+2]. The Balaban J connectivity index is 0. The first kappa shape index (κ1) is 71.4. The van der Waals surface area contributed by atoms with E-state index in [2.05, 4.69) is 0 Å². The molecule has 0 amide bonds. The zero-order valence-electron chi connectivity index (χ0n) is 4.39. The maximum absolute atomic E-state index is 0. The van der Waals surface area contributed by atoms with Gasteiger partial charge >= 0.3 is 21.7 Å². The van der Waals surface area contributed by atoms with E-state index in [0.29, 0.717) is 0 Å². The molecule has 7 heteroatoms. The molecule has 0 saturated carbocycles. The third-order valence-corrected chi connectivity index (χ3v) is 0. The summed E-state index contributed by atoms with van der Waals surface area (Å²) in [5.41, 5.74) is 0. The van der Waals surface area contributed by atoms with Gasteiger partial charge in [0.2, 0.25) is 0 Å². The molecule has 36 valence electrons. The van der Waals surface area contributed by atoms with Gasteiger partial charge in [-0.2, -0.15) is 0 Å². The van der Waals surface area contributed by atoms with E-state index in [-0.39, 0.29) is 146 Å². The van der Waals surface area contributed by atoms with Crippen molar-refractivity contribution in [1.82, 2.24) is 0 Å². The van der Waals surface area contributed by atoms with Crippen LogP contribution in [0.2, 0.25) is 0 Å². The summed E-state index contributed by atoms with van der Waals surface area (Å²) in [7, 11) is 0. The van der Waals surface area contributed by atoms with Crippen LogP contribution in [-0.2, 0) is 21.7 Å². The van der Waals surface area contributed by atoms with Crippen LogP contribution in [0.4, 0.5) is 0 Å². The minimum absolute atomic E-state index is 0.